The minimum absolute atomic E-state index is 0.0743. The Labute approximate surface area is 416 Å². The molecule has 0 bridgehead atoms. The average Bonchev–Trinajstić information content (AvgIpc) is 3.33. The summed E-state index contributed by atoms with van der Waals surface area (Å²) < 4.78 is 16.9. The minimum Gasteiger partial charge on any atom is -0.462 e. The molecule has 0 aromatic rings. The lowest BCUT2D eigenvalue weighted by atomic mass is 10.0. The Morgan fingerprint density at radius 1 is 0.299 bits per heavy atom. The molecule has 0 heterocycles. The Morgan fingerprint density at radius 2 is 0.537 bits per heavy atom. The molecule has 0 aromatic carbocycles. The summed E-state index contributed by atoms with van der Waals surface area (Å²) in [6.07, 6.45) is 67.0. The van der Waals surface area contributed by atoms with E-state index in [9.17, 15) is 14.4 Å². The van der Waals surface area contributed by atoms with Gasteiger partial charge in [0.15, 0.2) is 6.10 Å². The molecule has 0 spiro atoms. The Hall–Kier alpha value is -2.37. The van der Waals surface area contributed by atoms with E-state index in [2.05, 4.69) is 57.2 Å². The maximum absolute atomic E-state index is 12.9. The third-order valence-electron chi connectivity index (χ3n) is 13.1. The van der Waals surface area contributed by atoms with Gasteiger partial charge in [0.05, 0.1) is 0 Å². The molecule has 6 heteroatoms. The van der Waals surface area contributed by atoms with Crippen LogP contribution in [-0.4, -0.2) is 37.2 Å². The third-order valence-corrected chi connectivity index (χ3v) is 13.1. The molecule has 0 unspecified atom stereocenters. The number of esters is 3. The summed E-state index contributed by atoms with van der Waals surface area (Å²) in [7, 11) is 0. The van der Waals surface area contributed by atoms with Crippen LogP contribution in [0.2, 0.25) is 0 Å². The van der Waals surface area contributed by atoms with E-state index in [1.807, 2.05) is 0 Å². The summed E-state index contributed by atoms with van der Waals surface area (Å²) in [5, 5.41) is 0. The summed E-state index contributed by atoms with van der Waals surface area (Å²) in [5.41, 5.74) is 0. The second-order valence-corrected chi connectivity index (χ2v) is 19.9. The van der Waals surface area contributed by atoms with Crippen molar-refractivity contribution in [1.29, 1.82) is 0 Å². The zero-order valence-electron chi connectivity index (χ0n) is 44.9. The summed E-state index contributed by atoms with van der Waals surface area (Å²) in [4.78, 5) is 38.2. The average molecular weight is 942 g/mol. The van der Waals surface area contributed by atoms with Crippen molar-refractivity contribution >= 4 is 17.9 Å². The standard InChI is InChI=1S/C61H112O6/c1-4-7-10-13-16-19-22-25-28-31-34-36-39-42-45-48-51-54-60(63)66-57-58(67-61(64)55-52-49-46-43-40-37-33-30-27-24-21-18-15-12-9-6-3)56-65-59(62)53-50-47-44-41-38-35-32-29-26-23-20-17-14-11-8-5-2/h16,19,25,28,30,33,58H,4-15,17-18,20-24,26-27,29,31-32,34-57H2,1-3H3/b19-16-,28-25-,33-30-/t58-/m1/s1. The second kappa shape index (κ2) is 56.2. The molecule has 67 heavy (non-hydrogen) atoms. The first-order chi connectivity index (χ1) is 33.0. The summed E-state index contributed by atoms with van der Waals surface area (Å²) in [6.45, 7) is 6.64. The van der Waals surface area contributed by atoms with Crippen molar-refractivity contribution in [2.24, 2.45) is 0 Å². The van der Waals surface area contributed by atoms with Gasteiger partial charge in [-0.3, -0.25) is 14.4 Å². The molecule has 0 aliphatic heterocycles. The Kier molecular flexibility index (Phi) is 54.2. The number of hydrogen-bond acceptors (Lipinski definition) is 6. The molecular formula is C61H112O6. The maximum Gasteiger partial charge on any atom is 0.306 e. The molecule has 0 aliphatic rings. The zero-order chi connectivity index (χ0) is 48.6. The van der Waals surface area contributed by atoms with Crippen molar-refractivity contribution in [3.8, 4) is 0 Å². The Balaban J connectivity index is 4.36. The van der Waals surface area contributed by atoms with E-state index in [0.717, 1.165) is 77.0 Å². The van der Waals surface area contributed by atoms with Gasteiger partial charge >= 0.3 is 17.9 Å². The van der Waals surface area contributed by atoms with Crippen LogP contribution in [0.1, 0.15) is 316 Å². The van der Waals surface area contributed by atoms with Gasteiger partial charge in [-0.05, 0) is 77.0 Å². The van der Waals surface area contributed by atoms with E-state index in [-0.39, 0.29) is 31.1 Å². The lowest BCUT2D eigenvalue weighted by Crippen LogP contribution is -2.30. The topological polar surface area (TPSA) is 78.9 Å². The van der Waals surface area contributed by atoms with E-state index in [4.69, 9.17) is 14.2 Å². The van der Waals surface area contributed by atoms with Crippen LogP contribution in [0, 0.1) is 0 Å². The summed E-state index contributed by atoms with van der Waals surface area (Å²) in [6, 6.07) is 0. The van der Waals surface area contributed by atoms with Crippen molar-refractivity contribution in [3.63, 3.8) is 0 Å². The van der Waals surface area contributed by atoms with Crippen LogP contribution >= 0.6 is 0 Å². The Morgan fingerprint density at radius 3 is 0.866 bits per heavy atom. The largest absolute Gasteiger partial charge is 0.462 e. The van der Waals surface area contributed by atoms with Gasteiger partial charge in [-0.15, -0.1) is 0 Å². The van der Waals surface area contributed by atoms with Crippen molar-refractivity contribution in [3.05, 3.63) is 36.5 Å². The molecule has 0 aromatic heterocycles. The van der Waals surface area contributed by atoms with Crippen LogP contribution in [0.5, 0.6) is 0 Å². The lowest BCUT2D eigenvalue weighted by molar-refractivity contribution is -0.167. The summed E-state index contributed by atoms with van der Waals surface area (Å²) in [5.74, 6) is -0.872. The van der Waals surface area contributed by atoms with Crippen LogP contribution in [0.25, 0.3) is 0 Å². The van der Waals surface area contributed by atoms with Crippen LogP contribution < -0.4 is 0 Å². The molecule has 392 valence electrons. The van der Waals surface area contributed by atoms with Gasteiger partial charge in [-0.1, -0.05) is 256 Å². The fourth-order valence-corrected chi connectivity index (χ4v) is 8.65. The van der Waals surface area contributed by atoms with Gasteiger partial charge in [0.1, 0.15) is 13.2 Å². The number of carbonyl (C=O) groups is 3. The number of ether oxygens (including phenoxy) is 3. The van der Waals surface area contributed by atoms with Crippen molar-refractivity contribution in [2.75, 3.05) is 13.2 Å². The minimum atomic E-state index is -0.777. The van der Waals surface area contributed by atoms with Gasteiger partial charge in [-0.2, -0.15) is 0 Å². The molecule has 6 nitrogen and oxygen atoms in total. The number of allylic oxidation sites excluding steroid dienone is 6. The van der Waals surface area contributed by atoms with Crippen LogP contribution in [0.4, 0.5) is 0 Å². The highest BCUT2D eigenvalue weighted by molar-refractivity contribution is 5.71. The highest BCUT2D eigenvalue weighted by Crippen LogP contribution is 2.16. The Bertz CT molecular complexity index is 1130. The molecule has 0 N–H and O–H groups in total. The van der Waals surface area contributed by atoms with Crippen molar-refractivity contribution in [1.82, 2.24) is 0 Å². The molecule has 0 amide bonds. The fourth-order valence-electron chi connectivity index (χ4n) is 8.65. The van der Waals surface area contributed by atoms with E-state index in [1.165, 1.54) is 199 Å². The molecule has 0 aliphatic carbocycles. The normalized spacial score (nSPS) is 12.2. The van der Waals surface area contributed by atoms with Gasteiger partial charge in [0, 0.05) is 19.3 Å². The van der Waals surface area contributed by atoms with E-state index in [1.54, 1.807) is 0 Å². The van der Waals surface area contributed by atoms with Crippen LogP contribution in [0.3, 0.4) is 0 Å². The fraction of sp³-hybridized carbons (Fsp3) is 0.852. The lowest BCUT2D eigenvalue weighted by Gasteiger charge is -2.18. The number of unbranched alkanes of at least 4 members (excludes halogenated alkanes) is 37. The first-order valence-electron chi connectivity index (χ1n) is 29.5. The SMILES string of the molecule is CCCCC/C=C\C/C=C\CCCCCCCCCC(=O)OC[C@@H](COC(=O)CCCCCCCCCCCCCCCCCC)OC(=O)CCCCCCC/C=C\CCCCCCCCC. The van der Waals surface area contributed by atoms with Crippen LogP contribution in [-0.2, 0) is 28.6 Å². The second-order valence-electron chi connectivity index (χ2n) is 19.9. The zero-order valence-corrected chi connectivity index (χ0v) is 44.9. The maximum atomic E-state index is 12.9. The van der Waals surface area contributed by atoms with Gasteiger partial charge in [0.2, 0.25) is 0 Å². The van der Waals surface area contributed by atoms with Gasteiger partial charge < -0.3 is 14.2 Å². The molecule has 0 saturated heterocycles. The van der Waals surface area contributed by atoms with Gasteiger partial charge in [0.25, 0.3) is 0 Å². The molecule has 1 atom stereocenters. The van der Waals surface area contributed by atoms with E-state index < -0.39 is 6.10 Å². The first kappa shape index (κ1) is 64.6. The number of hydrogen-bond donors (Lipinski definition) is 0. The third kappa shape index (κ3) is 54.4. The molecule has 0 saturated carbocycles. The quantitative estimate of drug-likeness (QED) is 0.0262. The van der Waals surface area contributed by atoms with Crippen molar-refractivity contribution in [2.45, 2.75) is 322 Å². The van der Waals surface area contributed by atoms with Crippen LogP contribution in [0.15, 0.2) is 36.5 Å². The van der Waals surface area contributed by atoms with Crippen molar-refractivity contribution < 1.29 is 28.6 Å². The predicted octanol–water partition coefficient (Wildman–Crippen LogP) is 19.7. The van der Waals surface area contributed by atoms with Gasteiger partial charge in [-0.25, -0.2) is 0 Å². The smallest absolute Gasteiger partial charge is 0.306 e. The number of carbonyl (C=O) groups excluding carboxylic acids is 3. The first-order valence-corrected chi connectivity index (χ1v) is 29.5. The molecular weight excluding hydrogens is 829 g/mol. The van der Waals surface area contributed by atoms with E-state index in [0.29, 0.717) is 19.3 Å². The highest BCUT2D eigenvalue weighted by atomic mass is 16.6. The monoisotopic (exact) mass is 941 g/mol. The highest BCUT2D eigenvalue weighted by Gasteiger charge is 2.19. The molecule has 0 radical (unpaired) electrons. The van der Waals surface area contributed by atoms with E-state index >= 15 is 0 Å². The summed E-state index contributed by atoms with van der Waals surface area (Å²) >= 11 is 0. The predicted molar refractivity (Wildman–Crippen MR) is 289 cm³/mol. The molecule has 0 fully saturated rings. The number of rotatable bonds is 54. The molecule has 0 rings (SSSR count).